The van der Waals surface area contributed by atoms with Gasteiger partial charge >= 0.3 is 5.69 Å². The fourth-order valence-corrected chi connectivity index (χ4v) is 2.25. The summed E-state index contributed by atoms with van der Waals surface area (Å²) in [6, 6.07) is 2.97. The van der Waals surface area contributed by atoms with Crippen molar-refractivity contribution in [1.29, 1.82) is 0 Å². The Morgan fingerprint density at radius 2 is 2.16 bits per heavy atom. The van der Waals surface area contributed by atoms with Crippen molar-refractivity contribution in [2.75, 3.05) is 37.2 Å². The standard InChI is InChI=1S/C12H19N5O2/c13-12-10(17(18)19)4-5-11(15-12)14-6-3-9-16-7-1-2-8-16/h4-5H,1-3,6-9H2,(H3,13,14,15). The molecule has 104 valence electrons. The van der Waals surface area contributed by atoms with Gasteiger partial charge < -0.3 is 16.0 Å². The van der Waals surface area contributed by atoms with Gasteiger partial charge in [-0.3, -0.25) is 10.1 Å². The van der Waals surface area contributed by atoms with Crippen LogP contribution in [-0.4, -0.2) is 41.0 Å². The van der Waals surface area contributed by atoms with Crippen LogP contribution in [0.3, 0.4) is 0 Å². The van der Waals surface area contributed by atoms with E-state index in [0.717, 1.165) is 19.5 Å². The molecule has 7 nitrogen and oxygen atoms in total. The minimum absolute atomic E-state index is 0.0467. The molecule has 19 heavy (non-hydrogen) atoms. The lowest BCUT2D eigenvalue weighted by molar-refractivity contribution is -0.384. The number of nitro groups is 1. The number of pyridine rings is 1. The number of likely N-dealkylation sites (tertiary alicyclic amines) is 1. The predicted molar refractivity (Wildman–Crippen MR) is 74.1 cm³/mol. The van der Waals surface area contributed by atoms with Crippen molar-refractivity contribution in [3.8, 4) is 0 Å². The summed E-state index contributed by atoms with van der Waals surface area (Å²) in [5.74, 6) is 0.541. The Labute approximate surface area is 112 Å². The fraction of sp³-hybridized carbons (Fsp3) is 0.583. The number of nitrogens with zero attached hydrogens (tertiary/aromatic N) is 3. The Hall–Kier alpha value is -1.89. The molecular formula is C12H19N5O2. The van der Waals surface area contributed by atoms with Crippen LogP contribution >= 0.6 is 0 Å². The molecule has 1 aromatic heterocycles. The van der Waals surface area contributed by atoms with E-state index < -0.39 is 4.92 Å². The number of nitrogen functional groups attached to an aromatic ring is 1. The van der Waals surface area contributed by atoms with E-state index in [4.69, 9.17) is 5.73 Å². The Kier molecular flexibility index (Phi) is 4.51. The lowest BCUT2D eigenvalue weighted by Gasteiger charge is -2.14. The fourth-order valence-electron chi connectivity index (χ4n) is 2.25. The minimum atomic E-state index is -0.528. The highest BCUT2D eigenvalue weighted by molar-refractivity contribution is 5.57. The summed E-state index contributed by atoms with van der Waals surface area (Å²) < 4.78 is 0. The highest BCUT2D eigenvalue weighted by atomic mass is 16.6. The van der Waals surface area contributed by atoms with E-state index in [2.05, 4.69) is 15.2 Å². The number of anilines is 2. The van der Waals surface area contributed by atoms with E-state index >= 15 is 0 Å². The third-order valence-electron chi connectivity index (χ3n) is 3.26. The molecule has 0 saturated carbocycles. The van der Waals surface area contributed by atoms with Crippen LogP contribution in [-0.2, 0) is 0 Å². The van der Waals surface area contributed by atoms with Gasteiger partial charge in [0.15, 0.2) is 0 Å². The first-order valence-corrected chi connectivity index (χ1v) is 6.54. The Morgan fingerprint density at radius 3 is 2.79 bits per heavy atom. The van der Waals surface area contributed by atoms with Gasteiger partial charge in [-0.05, 0) is 45.0 Å². The van der Waals surface area contributed by atoms with Gasteiger partial charge in [-0.2, -0.15) is 0 Å². The van der Waals surface area contributed by atoms with E-state index in [9.17, 15) is 10.1 Å². The van der Waals surface area contributed by atoms with E-state index in [1.165, 1.54) is 32.0 Å². The molecule has 0 radical (unpaired) electrons. The average Bonchev–Trinajstić information content (AvgIpc) is 2.87. The summed E-state index contributed by atoms with van der Waals surface area (Å²) >= 11 is 0. The summed E-state index contributed by atoms with van der Waals surface area (Å²) in [6.45, 7) is 4.27. The summed E-state index contributed by atoms with van der Waals surface area (Å²) in [6.07, 6.45) is 3.63. The third-order valence-corrected chi connectivity index (χ3v) is 3.26. The van der Waals surface area contributed by atoms with Crippen LogP contribution < -0.4 is 11.1 Å². The molecule has 1 aliphatic heterocycles. The molecule has 0 aliphatic carbocycles. The molecule has 0 atom stereocenters. The molecule has 1 aromatic rings. The van der Waals surface area contributed by atoms with Crippen LogP contribution in [0, 0.1) is 10.1 Å². The summed E-state index contributed by atoms with van der Waals surface area (Å²) in [5, 5.41) is 13.7. The van der Waals surface area contributed by atoms with Crippen LogP contribution in [0.5, 0.6) is 0 Å². The summed E-state index contributed by atoms with van der Waals surface area (Å²) in [5.41, 5.74) is 5.37. The van der Waals surface area contributed by atoms with Gasteiger partial charge in [0.1, 0.15) is 5.82 Å². The molecule has 2 heterocycles. The smallest absolute Gasteiger partial charge is 0.311 e. The van der Waals surface area contributed by atoms with E-state index in [0.29, 0.717) is 5.82 Å². The zero-order valence-corrected chi connectivity index (χ0v) is 10.8. The molecule has 0 bridgehead atoms. The molecule has 2 rings (SSSR count). The maximum Gasteiger partial charge on any atom is 0.311 e. The molecular weight excluding hydrogens is 246 g/mol. The molecule has 3 N–H and O–H groups in total. The van der Waals surface area contributed by atoms with Crippen molar-refractivity contribution in [2.45, 2.75) is 19.3 Å². The largest absolute Gasteiger partial charge is 0.378 e. The van der Waals surface area contributed by atoms with Gasteiger partial charge in [0.05, 0.1) is 4.92 Å². The second-order valence-corrected chi connectivity index (χ2v) is 4.69. The third kappa shape index (κ3) is 3.78. The quantitative estimate of drug-likeness (QED) is 0.459. The first kappa shape index (κ1) is 13.5. The zero-order chi connectivity index (χ0) is 13.7. The van der Waals surface area contributed by atoms with Crippen LogP contribution in [0.1, 0.15) is 19.3 Å². The van der Waals surface area contributed by atoms with E-state index in [-0.39, 0.29) is 11.5 Å². The van der Waals surface area contributed by atoms with Gasteiger partial charge in [-0.25, -0.2) is 4.98 Å². The molecule has 0 amide bonds. The first-order chi connectivity index (χ1) is 9.16. The second-order valence-electron chi connectivity index (χ2n) is 4.69. The van der Waals surface area contributed by atoms with Crippen molar-refractivity contribution in [1.82, 2.24) is 9.88 Å². The van der Waals surface area contributed by atoms with Crippen molar-refractivity contribution in [2.24, 2.45) is 0 Å². The van der Waals surface area contributed by atoms with Crippen molar-refractivity contribution < 1.29 is 4.92 Å². The van der Waals surface area contributed by atoms with E-state index in [1.807, 2.05) is 0 Å². The maximum atomic E-state index is 10.6. The van der Waals surface area contributed by atoms with Crippen LogP contribution in [0.25, 0.3) is 0 Å². The monoisotopic (exact) mass is 265 g/mol. The summed E-state index contributed by atoms with van der Waals surface area (Å²) in [4.78, 5) is 16.5. The highest BCUT2D eigenvalue weighted by Crippen LogP contribution is 2.20. The van der Waals surface area contributed by atoms with Gasteiger partial charge in [-0.1, -0.05) is 0 Å². The van der Waals surface area contributed by atoms with Crippen molar-refractivity contribution >= 4 is 17.3 Å². The van der Waals surface area contributed by atoms with Crippen LogP contribution in [0.15, 0.2) is 12.1 Å². The van der Waals surface area contributed by atoms with Gasteiger partial charge in [0, 0.05) is 12.6 Å². The number of nitrogens with one attached hydrogen (secondary N) is 1. The average molecular weight is 265 g/mol. The molecule has 0 unspecified atom stereocenters. The Bertz CT molecular complexity index is 446. The zero-order valence-electron chi connectivity index (χ0n) is 10.8. The molecule has 0 spiro atoms. The Balaban J connectivity index is 1.76. The van der Waals surface area contributed by atoms with Crippen LogP contribution in [0.2, 0.25) is 0 Å². The summed E-state index contributed by atoms with van der Waals surface area (Å²) in [7, 11) is 0. The normalized spacial score (nSPS) is 15.6. The maximum absolute atomic E-state index is 10.6. The number of hydrogen-bond acceptors (Lipinski definition) is 6. The van der Waals surface area contributed by atoms with E-state index in [1.54, 1.807) is 6.07 Å². The Morgan fingerprint density at radius 1 is 1.42 bits per heavy atom. The molecule has 1 saturated heterocycles. The SMILES string of the molecule is Nc1nc(NCCCN2CCCC2)ccc1[N+](=O)[O-]. The van der Waals surface area contributed by atoms with Crippen LogP contribution in [0.4, 0.5) is 17.3 Å². The number of nitrogens with two attached hydrogens (primary N) is 1. The number of rotatable bonds is 6. The van der Waals surface area contributed by atoms with Crippen molar-refractivity contribution in [3.63, 3.8) is 0 Å². The minimum Gasteiger partial charge on any atom is -0.378 e. The molecule has 0 aromatic carbocycles. The first-order valence-electron chi connectivity index (χ1n) is 6.54. The predicted octanol–water partition coefficient (Wildman–Crippen LogP) is 1.47. The molecule has 1 fully saturated rings. The van der Waals surface area contributed by atoms with Gasteiger partial charge in [0.2, 0.25) is 5.82 Å². The van der Waals surface area contributed by atoms with Gasteiger partial charge in [-0.15, -0.1) is 0 Å². The topological polar surface area (TPSA) is 97.3 Å². The van der Waals surface area contributed by atoms with Gasteiger partial charge in [0.25, 0.3) is 0 Å². The second kappa shape index (κ2) is 6.33. The molecule has 7 heteroatoms. The lowest BCUT2D eigenvalue weighted by atomic mass is 10.3. The number of hydrogen-bond donors (Lipinski definition) is 2. The lowest BCUT2D eigenvalue weighted by Crippen LogP contribution is -2.22. The highest BCUT2D eigenvalue weighted by Gasteiger charge is 2.13. The molecule has 1 aliphatic rings. The number of aromatic nitrogens is 1. The van der Waals surface area contributed by atoms with Crippen molar-refractivity contribution in [3.05, 3.63) is 22.2 Å².